The third kappa shape index (κ3) is 2.60. The van der Waals surface area contributed by atoms with Gasteiger partial charge in [0, 0.05) is 19.6 Å². The van der Waals surface area contributed by atoms with Crippen LogP contribution in [0, 0.1) is 0 Å². The number of aromatic nitrogens is 1. The number of nitrogens with zero attached hydrogens (tertiary/aromatic N) is 2. The fourth-order valence-electron chi connectivity index (χ4n) is 1.93. The van der Waals surface area contributed by atoms with Gasteiger partial charge in [-0.05, 0) is 19.1 Å². The van der Waals surface area contributed by atoms with Gasteiger partial charge >= 0.3 is 0 Å². The minimum Gasteiger partial charge on any atom is -0.388 e. The molecule has 18 heavy (non-hydrogen) atoms. The second kappa shape index (κ2) is 5.32. The molecule has 1 saturated heterocycles. The van der Waals surface area contributed by atoms with Gasteiger partial charge in [-0.15, -0.1) is 0 Å². The lowest BCUT2D eigenvalue weighted by Gasteiger charge is -2.14. The van der Waals surface area contributed by atoms with Crippen molar-refractivity contribution >= 4 is 11.6 Å². The lowest BCUT2D eigenvalue weighted by atomic mass is 10.3. The van der Waals surface area contributed by atoms with Crippen molar-refractivity contribution in [1.82, 2.24) is 9.88 Å². The molecule has 0 radical (unpaired) electrons. The number of aliphatic hydroxyl groups excluding tert-OH is 2. The summed E-state index contributed by atoms with van der Waals surface area (Å²) in [5.74, 6) is -0.270. The van der Waals surface area contributed by atoms with E-state index in [2.05, 4.69) is 10.3 Å². The summed E-state index contributed by atoms with van der Waals surface area (Å²) in [5.41, 5.74) is 1.17. The quantitative estimate of drug-likeness (QED) is 0.686. The number of hydrogen-bond donors (Lipinski definition) is 3. The molecule has 2 atom stereocenters. The Morgan fingerprint density at radius 3 is 2.61 bits per heavy atom. The van der Waals surface area contributed by atoms with E-state index in [0.717, 1.165) is 12.2 Å². The fraction of sp³-hybridized carbons (Fsp3) is 0.500. The van der Waals surface area contributed by atoms with Gasteiger partial charge < -0.3 is 20.4 Å². The Bertz CT molecular complexity index is 411. The molecular formula is C12H17N3O3. The number of anilines is 1. The minimum atomic E-state index is -0.866. The van der Waals surface area contributed by atoms with Crippen LogP contribution in [0.2, 0.25) is 0 Å². The van der Waals surface area contributed by atoms with Gasteiger partial charge in [0.25, 0.3) is 5.91 Å². The number of likely N-dealkylation sites (tertiary alicyclic amines) is 1. The number of aliphatic hydroxyl groups is 2. The Morgan fingerprint density at radius 1 is 1.44 bits per heavy atom. The number of hydrogen-bond acceptors (Lipinski definition) is 5. The number of pyridine rings is 1. The van der Waals surface area contributed by atoms with E-state index in [1.807, 2.05) is 6.92 Å². The molecule has 3 N–H and O–H groups in total. The number of β-amino-alcohol motifs (C(OH)–C–C–N with tert-alkyl or cyclic N) is 2. The highest BCUT2D eigenvalue weighted by atomic mass is 16.3. The molecule has 2 unspecified atom stereocenters. The lowest BCUT2D eigenvalue weighted by Crippen LogP contribution is -2.30. The highest BCUT2D eigenvalue weighted by Crippen LogP contribution is 2.14. The summed E-state index contributed by atoms with van der Waals surface area (Å²) < 4.78 is 0. The van der Waals surface area contributed by atoms with Gasteiger partial charge in [-0.1, -0.05) is 0 Å². The highest BCUT2D eigenvalue weighted by Gasteiger charge is 2.33. The van der Waals surface area contributed by atoms with Gasteiger partial charge in [0.2, 0.25) is 0 Å². The van der Waals surface area contributed by atoms with Gasteiger partial charge in [0.15, 0.2) is 0 Å². The molecule has 0 aliphatic carbocycles. The predicted octanol–water partition coefficient (Wildman–Crippen LogP) is -0.309. The average Bonchev–Trinajstić information content (AvgIpc) is 2.70. The Labute approximate surface area is 105 Å². The first-order chi connectivity index (χ1) is 8.61. The largest absolute Gasteiger partial charge is 0.388 e. The molecular weight excluding hydrogens is 234 g/mol. The molecule has 2 rings (SSSR count). The molecule has 6 heteroatoms. The van der Waals surface area contributed by atoms with Crippen LogP contribution in [0.15, 0.2) is 18.3 Å². The molecule has 1 aliphatic heterocycles. The van der Waals surface area contributed by atoms with Crippen molar-refractivity contribution in [3.8, 4) is 0 Å². The van der Waals surface area contributed by atoms with Crippen molar-refractivity contribution in [2.45, 2.75) is 19.1 Å². The summed E-state index contributed by atoms with van der Waals surface area (Å²) in [6.45, 7) is 3.07. The normalized spacial score (nSPS) is 23.2. The minimum absolute atomic E-state index is 0.149. The standard InChI is InChI=1S/C12H17N3O3/c1-2-13-8-3-4-9(14-5-8)12(18)15-6-10(16)11(17)7-15/h3-5,10-11,13,16-17H,2,6-7H2,1H3. The van der Waals surface area contributed by atoms with Gasteiger partial charge in [-0.2, -0.15) is 0 Å². The maximum atomic E-state index is 12.0. The van der Waals surface area contributed by atoms with Crippen LogP contribution in [0.4, 0.5) is 5.69 Å². The monoisotopic (exact) mass is 251 g/mol. The van der Waals surface area contributed by atoms with Crippen LogP contribution in [0.1, 0.15) is 17.4 Å². The van der Waals surface area contributed by atoms with Crippen LogP contribution in [0.3, 0.4) is 0 Å². The molecule has 0 bridgehead atoms. The van der Waals surface area contributed by atoms with Crippen LogP contribution in [0.5, 0.6) is 0 Å². The summed E-state index contributed by atoms with van der Waals surface area (Å²) in [5, 5.41) is 21.9. The number of nitrogens with one attached hydrogen (secondary N) is 1. The summed E-state index contributed by atoms with van der Waals surface area (Å²) >= 11 is 0. The van der Waals surface area contributed by atoms with E-state index in [-0.39, 0.29) is 19.0 Å². The molecule has 0 saturated carbocycles. The SMILES string of the molecule is CCNc1ccc(C(=O)N2CC(O)C(O)C2)nc1. The molecule has 6 nitrogen and oxygen atoms in total. The molecule has 1 aromatic rings. The third-order valence-electron chi connectivity index (χ3n) is 2.91. The summed E-state index contributed by atoms with van der Waals surface area (Å²) in [4.78, 5) is 17.5. The van der Waals surface area contributed by atoms with Crippen LogP contribution in [-0.2, 0) is 0 Å². The summed E-state index contributed by atoms with van der Waals surface area (Å²) in [6.07, 6.45) is -0.135. The van der Waals surface area contributed by atoms with E-state index >= 15 is 0 Å². The number of carbonyl (C=O) groups is 1. The zero-order valence-electron chi connectivity index (χ0n) is 10.2. The molecule has 1 fully saturated rings. The van der Waals surface area contributed by atoms with Crippen LogP contribution in [-0.4, -0.2) is 57.8 Å². The first kappa shape index (κ1) is 12.8. The van der Waals surface area contributed by atoms with Crippen LogP contribution >= 0.6 is 0 Å². The Kier molecular flexibility index (Phi) is 3.78. The topological polar surface area (TPSA) is 85.7 Å². The molecule has 98 valence electrons. The second-order valence-corrected chi connectivity index (χ2v) is 4.31. The van der Waals surface area contributed by atoms with E-state index in [1.54, 1.807) is 18.3 Å². The van der Waals surface area contributed by atoms with Crippen LogP contribution in [0.25, 0.3) is 0 Å². The maximum absolute atomic E-state index is 12.0. The molecule has 0 aromatic carbocycles. The number of carbonyl (C=O) groups excluding carboxylic acids is 1. The molecule has 1 amide bonds. The van der Waals surface area contributed by atoms with E-state index in [9.17, 15) is 15.0 Å². The number of rotatable bonds is 3. The van der Waals surface area contributed by atoms with Crippen LogP contribution < -0.4 is 5.32 Å². The van der Waals surface area contributed by atoms with Gasteiger partial charge in [-0.25, -0.2) is 4.98 Å². The first-order valence-electron chi connectivity index (χ1n) is 5.97. The van der Waals surface area contributed by atoms with Crippen molar-refractivity contribution in [3.05, 3.63) is 24.0 Å². The zero-order valence-corrected chi connectivity index (χ0v) is 10.2. The predicted molar refractivity (Wildman–Crippen MR) is 66.3 cm³/mol. The zero-order chi connectivity index (χ0) is 13.1. The van der Waals surface area contributed by atoms with Crippen molar-refractivity contribution in [2.75, 3.05) is 25.0 Å². The highest BCUT2D eigenvalue weighted by molar-refractivity contribution is 5.92. The van der Waals surface area contributed by atoms with Gasteiger partial charge in [0.05, 0.1) is 24.1 Å². The number of amides is 1. The third-order valence-corrected chi connectivity index (χ3v) is 2.91. The maximum Gasteiger partial charge on any atom is 0.272 e. The van der Waals surface area contributed by atoms with Crippen molar-refractivity contribution in [3.63, 3.8) is 0 Å². The molecule has 2 heterocycles. The molecule has 0 spiro atoms. The van der Waals surface area contributed by atoms with E-state index in [1.165, 1.54) is 4.90 Å². The first-order valence-corrected chi connectivity index (χ1v) is 5.97. The second-order valence-electron chi connectivity index (χ2n) is 4.31. The average molecular weight is 251 g/mol. The van der Waals surface area contributed by atoms with E-state index in [0.29, 0.717) is 5.69 Å². The fourth-order valence-corrected chi connectivity index (χ4v) is 1.93. The molecule has 1 aliphatic rings. The van der Waals surface area contributed by atoms with E-state index in [4.69, 9.17) is 0 Å². The Hall–Kier alpha value is -1.66. The molecule has 1 aromatic heterocycles. The van der Waals surface area contributed by atoms with Crippen molar-refractivity contribution in [2.24, 2.45) is 0 Å². The van der Waals surface area contributed by atoms with Gasteiger partial charge in [-0.3, -0.25) is 4.79 Å². The smallest absolute Gasteiger partial charge is 0.272 e. The van der Waals surface area contributed by atoms with Crippen molar-refractivity contribution in [1.29, 1.82) is 0 Å². The Morgan fingerprint density at radius 2 is 2.11 bits per heavy atom. The van der Waals surface area contributed by atoms with E-state index < -0.39 is 12.2 Å². The summed E-state index contributed by atoms with van der Waals surface area (Å²) in [7, 11) is 0. The van der Waals surface area contributed by atoms with Gasteiger partial charge in [0.1, 0.15) is 5.69 Å². The van der Waals surface area contributed by atoms with Crippen molar-refractivity contribution < 1.29 is 15.0 Å². The Balaban J connectivity index is 2.05. The lowest BCUT2D eigenvalue weighted by molar-refractivity contribution is 0.0572. The summed E-state index contributed by atoms with van der Waals surface area (Å²) in [6, 6.07) is 3.42.